The number of benzene rings is 2. The summed E-state index contributed by atoms with van der Waals surface area (Å²) in [6.07, 6.45) is 3.02. The van der Waals surface area contributed by atoms with Gasteiger partial charge in [-0.05, 0) is 49.4 Å². The minimum absolute atomic E-state index is 0.0894. The Hall–Kier alpha value is -2.18. The first-order valence-corrected chi connectivity index (χ1v) is 10.4. The number of primary sulfonamides is 1. The maximum atomic E-state index is 12.7. The predicted molar refractivity (Wildman–Crippen MR) is 101 cm³/mol. The molecule has 0 unspecified atom stereocenters. The zero-order chi connectivity index (χ0) is 18.7. The van der Waals surface area contributed by atoms with Crippen LogP contribution in [-0.4, -0.2) is 25.8 Å². The summed E-state index contributed by atoms with van der Waals surface area (Å²) in [5, 5.41) is 5.10. The average Bonchev–Trinajstić information content (AvgIpc) is 3.10. The van der Waals surface area contributed by atoms with Crippen molar-refractivity contribution in [1.82, 2.24) is 4.90 Å². The number of aryl methyl sites for hydroxylation is 2. The molecule has 0 aliphatic carbocycles. The second-order valence-corrected chi connectivity index (χ2v) is 8.41. The van der Waals surface area contributed by atoms with E-state index in [4.69, 9.17) is 5.14 Å². The summed E-state index contributed by atoms with van der Waals surface area (Å²) in [4.78, 5) is 14.8. The summed E-state index contributed by atoms with van der Waals surface area (Å²) < 4.78 is 22.6. The zero-order valence-corrected chi connectivity index (χ0v) is 15.7. The lowest BCUT2D eigenvalue weighted by molar-refractivity contribution is -0.132. The summed E-state index contributed by atoms with van der Waals surface area (Å²) >= 11 is 0. The van der Waals surface area contributed by atoms with E-state index in [0.717, 1.165) is 24.9 Å². The second kappa shape index (κ2) is 7.60. The van der Waals surface area contributed by atoms with Crippen LogP contribution in [0.4, 0.5) is 0 Å². The Morgan fingerprint density at radius 1 is 1.12 bits per heavy atom. The van der Waals surface area contributed by atoms with Gasteiger partial charge in [0.1, 0.15) is 0 Å². The highest BCUT2D eigenvalue weighted by Gasteiger charge is 2.29. The van der Waals surface area contributed by atoms with Crippen molar-refractivity contribution in [2.45, 2.75) is 43.5 Å². The van der Waals surface area contributed by atoms with Crippen molar-refractivity contribution in [3.63, 3.8) is 0 Å². The van der Waals surface area contributed by atoms with Crippen molar-refractivity contribution in [1.29, 1.82) is 0 Å². The van der Waals surface area contributed by atoms with Crippen molar-refractivity contribution < 1.29 is 13.2 Å². The summed E-state index contributed by atoms with van der Waals surface area (Å²) in [6.45, 7) is 2.85. The molecule has 2 N–H and O–H groups in total. The van der Waals surface area contributed by atoms with Crippen molar-refractivity contribution in [2.24, 2.45) is 5.14 Å². The number of amides is 1. The summed E-state index contributed by atoms with van der Waals surface area (Å²) in [7, 11) is -3.68. The third kappa shape index (κ3) is 4.31. The Balaban J connectivity index is 1.63. The monoisotopic (exact) mass is 372 g/mol. The van der Waals surface area contributed by atoms with Crippen LogP contribution >= 0.6 is 0 Å². The van der Waals surface area contributed by atoms with Gasteiger partial charge in [-0.1, -0.05) is 42.0 Å². The topological polar surface area (TPSA) is 80.5 Å². The Morgan fingerprint density at radius 3 is 2.38 bits per heavy atom. The standard InChI is InChI=1S/C20H24N2O3S/c1-15-4-9-17(10-5-15)19-3-2-14-22(19)20(23)13-8-16-6-11-18(12-7-16)26(21,24)25/h4-7,9-12,19H,2-3,8,13-14H2,1H3,(H2,21,24,25)/t19-/m0/s1. The molecule has 26 heavy (non-hydrogen) atoms. The molecule has 1 atom stereocenters. The molecule has 1 heterocycles. The van der Waals surface area contributed by atoms with Crippen LogP contribution in [0.2, 0.25) is 0 Å². The Labute approximate surface area is 154 Å². The van der Waals surface area contributed by atoms with Crippen LogP contribution in [0.25, 0.3) is 0 Å². The van der Waals surface area contributed by atoms with E-state index in [1.165, 1.54) is 23.3 Å². The van der Waals surface area contributed by atoms with Gasteiger partial charge in [-0.25, -0.2) is 13.6 Å². The lowest BCUT2D eigenvalue weighted by atomic mass is 10.0. The van der Waals surface area contributed by atoms with Crippen molar-refractivity contribution in [3.8, 4) is 0 Å². The molecular weight excluding hydrogens is 348 g/mol. The molecule has 0 radical (unpaired) electrons. The fourth-order valence-electron chi connectivity index (χ4n) is 3.44. The molecule has 3 rings (SSSR count). The number of carbonyl (C=O) groups excluding carboxylic acids is 1. The van der Waals surface area contributed by atoms with Crippen LogP contribution in [0.3, 0.4) is 0 Å². The van der Waals surface area contributed by atoms with Gasteiger partial charge < -0.3 is 4.90 Å². The highest BCUT2D eigenvalue weighted by Crippen LogP contribution is 2.32. The van der Waals surface area contributed by atoms with Gasteiger partial charge in [0.15, 0.2) is 0 Å². The van der Waals surface area contributed by atoms with Crippen LogP contribution in [0.15, 0.2) is 53.4 Å². The third-order valence-electron chi connectivity index (χ3n) is 4.91. The van der Waals surface area contributed by atoms with E-state index in [1.54, 1.807) is 12.1 Å². The van der Waals surface area contributed by atoms with Crippen molar-refractivity contribution in [2.75, 3.05) is 6.54 Å². The molecular formula is C20H24N2O3S. The maximum Gasteiger partial charge on any atom is 0.238 e. The number of hydrogen-bond donors (Lipinski definition) is 1. The quantitative estimate of drug-likeness (QED) is 0.876. The summed E-state index contributed by atoms with van der Waals surface area (Å²) in [6, 6.07) is 15.0. The molecule has 1 saturated heterocycles. The largest absolute Gasteiger partial charge is 0.336 e. The molecule has 2 aromatic rings. The zero-order valence-electron chi connectivity index (χ0n) is 14.9. The maximum absolute atomic E-state index is 12.7. The van der Waals surface area contributed by atoms with E-state index in [9.17, 15) is 13.2 Å². The number of hydrogen-bond acceptors (Lipinski definition) is 3. The summed E-state index contributed by atoms with van der Waals surface area (Å²) in [5.41, 5.74) is 3.34. The lowest BCUT2D eigenvalue weighted by Crippen LogP contribution is -2.30. The van der Waals surface area contributed by atoms with Gasteiger partial charge in [-0.3, -0.25) is 4.79 Å². The SMILES string of the molecule is Cc1ccc([C@@H]2CCCN2C(=O)CCc2ccc(S(N)(=O)=O)cc2)cc1. The Kier molecular flexibility index (Phi) is 5.44. The minimum atomic E-state index is -3.68. The fourth-order valence-corrected chi connectivity index (χ4v) is 3.96. The van der Waals surface area contributed by atoms with Crippen LogP contribution in [-0.2, 0) is 21.2 Å². The van der Waals surface area contributed by atoms with Gasteiger partial charge in [0.2, 0.25) is 15.9 Å². The van der Waals surface area contributed by atoms with Crippen molar-refractivity contribution >= 4 is 15.9 Å². The molecule has 2 aromatic carbocycles. The van der Waals surface area contributed by atoms with Crippen LogP contribution in [0.5, 0.6) is 0 Å². The van der Waals surface area contributed by atoms with Gasteiger partial charge in [-0.15, -0.1) is 0 Å². The molecule has 0 bridgehead atoms. The second-order valence-electron chi connectivity index (χ2n) is 6.84. The van der Waals surface area contributed by atoms with Gasteiger partial charge >= 0.3 is 0 Å². The highest BCUT2D eigenvalue weighted by atomic mass is 32.2. The Morgan fingerprint density at radius 2 is 1.77 bits per heavy atom. The van der Waals surface area contributed by atoms with Gasteiger partial charge in [0, 0.05) is 13.0 Å². The molecule has 1 amide bonds. The first-order chi connectivity index (χ1) is 12.3. The number of nitrogens with zero attached hydrogens (tertiary/aromatic N) is 1. The predicted octanol–water partition coefficient (Wildman–Crippen LogP) is 2.94. The average molecular weight is 372 g/mol. The van der Waals surface area contributed by atoms with E-state index in [0.29, 0.717) is 12.8 Å². The summed E-state index contributed by atoms with van der Waals surface area (Å²) in [5.74, 6) is 0.142. The highest BCUT2D eigenvalue weighted by molar-refractivity contribution is 7.89. The minimum Gasteiger partial charge on any atom is -0.336 e. The normalized spacial score (nSPS) is 17.5. The van der Waals surface area contributed by atoms with Gasteiger partial charge in [0.05, 0.1) is 10.9 Å². The van der Waals surface area contributed by atoms with E-state index >= 15 is 0 Å². The van der Waals surface area contributed by atoms with E-state index in [1.807, 2.05) is 4.90 Å². The molecule has 5 nitrogen and oxygen atoms in total. The van der Waals surface area contributed by atoms with Gasteiger partial charge in [0.25, 0.3) is 0 Å². The van der Waals surface area contributed by atoms with Crippen LogP contribution in [0, 0.1) is 6.92 Å². The first kappa shape index (κ1) is 18.6. The van der Waals surface area contributed by atoms with Crippen molar-refractivity contribution in [3.05, 3.63) is 65.2 Å². The van der Waals surface area contributed by atoms with Crippen LogP contribution in [0.1, 0.15) is 42.0 Å². The lowest BCUT2D eigenvalue weighted by Gasteiger charge is -2.25. The molecule has 1 fully saturated rings. The number of nitrogens with two attached hydrogens (primary N) is 1. The molecule has 6 heteroatoms. The Bertz CT molecular complexity index is 874. The fraction of sp³-hybridized carbons (Fsp3) is 0.350. The van der Waals surface area contributed by atoms with E-state index in [-0.39, 0.29) is 16.8 Å². The number of likely N-dealkylation sites (tertiary alicyclic amines) is 1. The molecule has 1 aliphatic rings. The number of carbonyl (C=O) groups is 1. The molecule has 0 spiro atoms. The van der Waals surface area contributed by atoms with E-state index in [2.05, 4.69) is 31.2 Å². The molecule has 138 valence electrons. The number of sulfonamides is 1. The van der Waals surface area contributed by atoms with Crippen LogP contribution < -0.4 is 5.14 Å². The molecule has 1 aliphatic heterocycles. The molecule has 0 aromatic heterocycles. The van der Waals surface area contributed by atoms with Gasteiger partial charge in [-0.2, -0.15) is 0 Å². The van der Waals surface area contributed by atoms with E-state index < -0.39 is 10.0 Å². The molecule has 0 saturated carbocycles. The first-order valence-electron chi connectivity index (χ1n) is 8.82. The smallest absolute Gasteiger partial charge is 0.238 e. The number of rotatable bonds is 5. The third-order valence-corrected chi connectivity index (χ3v) is 5.84.